The fourth-order valence-electron chi connectivity index (χ4n) is 2.87. The van der Waals surface area contributed by atoms with Crippen molar-refractivity contribution in [3.8, 4) is 17.2 Å². The number of hydrogen-bond donors (Lipinski definition) is 3. The smallest absolute Gasteiger partial charge is 0.221 e. The molecule has 0 bridgehead atoms. The highest BCUT2D eigenvalue weighted by atomic mass is 35.5. The maximum Gasteiger partial charge on any atom is 0.221 e. The Bertz CT molecular complexity index is 772. The molecule has 2 heterocycles. The van der Waals surface area contributed by atoms with Crippen molar-refractivity contribution in [2.24, 2.45) is 0 Å². The van der Waals surface area contributed by atoms with Gasteiger partial charge in [0.05, 0.1) is 26.9 Å². The Hall–Kier alpha value is -2.45. The number of nitrogen functional groups attached to an aromatic ring is 2. The first-order valence-electron chi connectivity index (χ1n) is 7.50. The number of fused-ring (bicyclic) bond motifs is 1. The molecule has 0 saturated heterocycles. The van der Waals surface area contributed by atoms with Crippen molar-refractivity contribution in [3.63, 3.8) is 0 Å². The lowest BCUT2D eigenvalue weighted by Crippen LogP contribution is -2.17. The van der Waals surface area contributed by atoms with E-state index in [4.69, 9.17) is 25.7 Å². The van der Waals surface area contributed by atoms with Crippen LogP contribution >= 0.6 is 12.4 Å². The largest absolute Gasteiger partial charge is 0.493 e. The van der Waals surface area contributed by atoms with Crippen LogP contribution in [0.1, 0.15) is 29.2 Å². The van der Waals surface area contributed by atoms with Crippen molar-refractivity contribution >= 4 is 24.2 Å². The van der Waals surface area contributed by atoms with Gasteiger partial charge in [-0.05, 0) is 11.6 Å². The van der Waals surface area contributed by atoms with E-state index < -0.39 is 6.10 Å². The van der Waals surface area contributed by atoms with E-state index in [1.807, 2.05) is 6.07 Å². The van der Waals surface area contributed by atoms with E-state index in [0.717, 1.165) is 5.56 Å². The number of benzene rings is 1. The maximum atomic E-state index is 10.5. The van der Waals surface area contributed by atoms with Gasteiger partial charge in [0.1, 0.15) is 5.82 Å². The molecule has 0 spiro atoms. The summed E-state index contributed by atoms with van der Waals surface area (Å²) in [6, 6.07) is 1.81. The molecule has 5 N–H and O–H groups in total. The molecule has 0 radical (unpaired) electrons. The van der Waals surface area contributed by atoms with Gasteiger partial charge in [-0.3, -0.25) is 0 Å². The molecule has 1 atom stereocenters. The van der Waals surface area contributed by atoms with Crippen LogP contribution in [0.25, 0.3) is 0 Å². The van der Waals surface area contributed by atoms with E-state index in [2.05, 4.69) is 9.97 Å². The lowest BCUT2D eigenvalue weighted by Gasteiger charge is -2.27. The van der Waals surface area contributed by atoms with E-state index in [-0.39, 0.29) is 18.4 Å². The van der Waals surface area contributed by atoms with Gasteiger partial charge in [0.25, 0.3) is 0 Å². The van der Waals surface area contributed by atoms with Crippen LogP contribution < -0.4 is 25.7 Å². The summed E-state index contributed by atoms with van der Waals surface area (Å²) in [6.45, 7) is 0.407. The molecule has 25 heavy (non-hydrogen) atoms. The summed E-state index contributed by atoms with van der Waals surface area (Å²) in [5.41, 5.74) is 13.7. The molecule has 2 aromatic rings. The second-order valence-corrected chi connectivity index (χ2v) is 5.48. The first-order chi connectivity index (χ1) is 11.5. The first-order valence-corrected chi connectivity index (χ1v) is 7.50. The molecule has 0 amide bonds. The third-order valence-electron chi connectivity index (χ3n) is 4.02. The van der Waals surface area contributed by atoms with Crippen molar-refractivity contribution in [1.29, 1.82) is 0 Å². The first kappa shape index (κ1) is 18.9. The van der Waals surface area contributed by atoms with Crippen LogP contribution in [0, 0.1) is 0 Å². The Labute approximate surface area is 151 Å². The third kappa shape index (κ3) is 3.49. The standard InChI is InChI=1S/C16H20N4O4.ClH/c1-22-11-6-8(5-9-7-19-16(18)20-15(9)17)12-10(21)3-4-24-14(12)13(11)23-2;/h6-7,10,21H,3-5H2,1-2H3,(H4,17,18,19,20);1H. The number of halogens is 1. The van der Waals surface area contributed by atoms with Gasteiger partial charge in [0.2, 0.25) is 11.7 Å². The minimum absolute atomic E-state index is 0. The molecule has 1 aliphatic heterocycles. The zero-order chi connectivity index (χ0) is 17.3. The van der Waals surface area contributed by atoms with E-state index in [1.54, 1.807) is 13.3 Å². The number of nitrogens with zero attached hydrogens (tertiary/aromatic N) is 2. The van der Waals surface area contributed by atoms with Crippen molar-refractivity contribution < 1.29 is 19.3 Å². The highest BCUT2D eigenvalue weighted by Crippen LogP contribution is 2.47. The summed E-state index contributed by atoms with van der Waals surface area (Å²) in [7, 11) is 3.09. The van der Waals surface area contributed by atoms with Crippen LogP contribution in [0.4, 0.5) is 11.8 Å². The van der Waals surface area contributed by atoms with Crippen molar-refractivity contribution in [1.82, 2.24) is 9.97 Å². The molecule has 8 nitrogen and oxygen atoms in total. The number of nitrogens with two attached hydrogens (primary N) is 2. The van der Waals surface area contributed by atoms with Crippen molar-refractivity contribution in [2.75, 3.05) is 32.3 Å². The van der Waals surface area contributed by atoms with Crippen molar-refractivity contribution in [2.45, 2.75) is 18.9 Å². The van der Waals surface area contributed by atoms with Gasteiger partial charge in [0.15, 0.2) is 11.5 Å². The average molecular weight is 369 g/mol. The second-order valence-electron chi connectivity index (χ2n) is 5.48. The predicted octanol–water partition coefficient (Wildman–Crippen LogP) is 1.49. The lowest BCUT2D eigenvalue weighted by molar-refractivity contribution is 0.111. The topological polar surface area (TPSA) is 126 Å². The Balaban J connectivity index is 0.00000225. The molecular weight excluding hydrogens is 348 g/mol. The minimum Gasteiger partial charge on any atom is -0.493 e. The number of ether oxygens (including phenoxy) is 3. The molecule has 1 unspecified atom stereocenters. The van der Waals surface area contributed by atoms with Gasteiger partial charge in [-0.15, -0.1) is 12.4 Å². The Morgan fingerprint density at radius 2 is 2.04 bits per heavy atom. The van der Waals surface area contributed by atoms with Crippen LogP contribution in [-0.4, -0.2) is 35.9 Å². The summed E-state index contributed by atoms with van der Waals surface area (Å²) in [5, 5.41) is 10.5. The molecule has 1 aliphatic rings. The quantitative estimate of drug-likeness (QED) is 0.740. The number of rotatable bonds is 4. The number of methoxy groups -OCH3 is 2. The average Bonchev–Trinajstić information content (AvgIpc) is 2.56. The summed E-state index contributed by atoms with van der Waals surface area (Å²) in [5.74, 6) is 1.92. The predicted molar refractivity (Wildman–Crippen MR) is 95.5 cm³/mol. The maximum absolute atomic E-state index is 10.5. The molecule has 136 valence electrons. The van der Waals surface area contributed by atoms with Crippen molar-refractivity contribution in [3.05, 3.63) is 29.0 Å². The molecular formula is C16H21ClN4O4. The summed E-state index contributed by atoms with van der Waals surface area (Å²) in [4.78, 5) is 7.95. The van der Waals surface area contributed by atoms with Crippen LogP contribution in [0.2, 0.25) is 0 Å². The van der Waals surface area contributed by atoms with Gasteiger partial charge in [-0.1, -0.05) is 0 Å². The van der Waals surface area contributed by atoms with E-state index in [0.29, 0.717) is 53.6 Å². The Morgan fingerprint density at radius 3 is 2.68 bits per heavy atom. The normalized spacial score (nSPS) is 15.6. The molecule has 3 rings (SSSR count). The Kier molecular flexibility index (Phi) is 5.76. The van der Waals surface area contributed by atoms with Gasteiger partial charge in [-0.2, -0.15) is 4.98 Å². The zero-order valence-electron chi connectivity index (χ0n) is 14.0. The molecule has 1 aromatic carbocycles. The monoisotopic (exact) mass is 368 g/mol. The zero-order valence-corrected chi connectivity index (χ0v) is 14.8. The SMILES string of the molecule is COc1cc(Cc2cnc(N)nc2N)c2c(c1OC)OCCC2O.Cl. The molecule has 9 heteroatoms. The molecule has 0 saturated carbocycles. The van der Waals surface area contributed by atoms with Gasteiger partial charge in [-0.25, -0.2) is 4.98 Å². The van der Waals surface area contributed by atoms with Crippen LogP contribution in [0.15, 0.2) is 12.3 Å². The molecule has 1 aromatic heterocycles. The second kappa shape index (κ2) is 7.62. The summed E-state index contributed by atoms with van der Waals surface area (Å²) in [6.07, 6.45) is 1.84. The summed E-state index contributed by atoms with van der Waals surface area (Å²) < 4.78 is 16.5. The van der Waals surface area contributed by atoms with Gasteiger partial charge >= 0.3 is 0 Å². The third-order valence-corrected chi connectivity index (χ3v) is 4.02. The van der Waals surface area contributed by atoms with E-state index >= 15 is 0 Å². The highest BCUT2D eigenvalue weighted by Gasteiger charge is 2.29. The van der Waals surface area contributed by atoms with Gasteiger partial charge in [0, 0.05) is 30.2 Å². The highest BCUT2D eigenvalue weighted by molar-refractivity contribution is 5.85. The fraction of sp³-hybridized carbons (Fsp3) is 0.375. The minimum atomic E-state index is -0.653. The lowest BCUT2D eigenvalue weighted by atomic mass is 9.92. The number of anilines is 2. The molecule has 0 fully saturated rings. The van der Waals surface area contributed by atoms with Crippen LogP contribution in [0.3, 0.4) is 0 Å². The number of aliphatic hydroxyl groups excluding tert-OH is 1. The number of hydrogen-bond acceptors (Lipinski definition) is 8. The number of aliphatic hydroxyl groups is 1. The van der Waals surface area contributed by atoms with Gasteiger partial charge < -0.3 is 30.8 Å². The van der Waals surface area contributed by atoms with E-state index in [9.17, 15) is 5.11 Å². The van der Waals surface area contributed by atoms with Crippen LogP contribution in [0.5, 0.6) is 17.2 Å². The summed E-state index contributed by atoms with van der Waals surface area (Å²) >= 11 is 0. The number of aromatic nitrogens is 2. The fourth-order valence-corrected chi connectivity index (χ4v) is 2.87. The van der Waals surface area contributed by atoms with Crippen LogP contribution in [-0.2, 0) is 6.42 Å². The Morgan fingerprint density at radius 1 is 1.28 bits per heavy atom. The van der Waals surface area contributed by atoms with E-state index in [1.165, 1.54) is 7.11 Å². The molecule has 0 aliphatic carbocycles.